The first kappa shape index (κ1) is 16.9. The highest BCUT2D eigenvalue weighted by Gasteiger charge is 2.34. The van der Waals surface area contributed by atoms with Crippen molar-refractivity contribution in [3.63, 3.8) is 0 Å². The fraction of sp³-hybridized carbons (Fsp3) is 0.412. The molecule has 0 aliphatic carbocycles. The highest BCUT2D eigenvalue weighted by atomic mass is 19.4. The largest absolute Gasteiger partial charge is 0.418 e. The molecule has 128 valence electrons. The third-order valence-corrected chi connectivity index (χ3v) is 4.19. The Hall–Kier alpha value is -1.99. The zero-order valence-electron chi connectivity index (χ0n) is 13.2. The minimum atomic E-state index is -4.35. The number of nitrogens with zero attached hydrogens (tertiary/aromatic N) is 4. The van der Waals surface area contributed by atoms with Gasteiger partial charge in [-0.15, -0.1) is 0 Å². The van der Waals surface area contributed by atoms with E-state index in [9.17, 15) is 13.2 Å². The van der Waals surface area contributed by atoms with Gasteiger partial charge in [0.05, 0.1) is 11.3 Å². The molecule has 0 saturated carbocycles. The third kappa shape index (κ3) is 4.30. The molecule has 0 bridgehead atoms. The summed E-state index contributed by atoms with van der Waals surface area (Å²) >= 11 is 0. The summed E-state index contributed by atoms with van der Waals surface area (Å²) in [6.45, 7) is 4.21. The fourth-order valence-electron chi connectivity index (χ4n) is 2.89. The summed E-state index contributed by atoms with van der Waals surface area (Å²) < 4.78 is 39.1. The molecule has 0 spiro atoms. The second-order valence-electron chi connectivity index (χ2n) is 5.90. The number of piperazine rings is 1. The van der Waals surface area contributed by atoms with Gasteiger partial charge in [-0.1, -0.05) is 0 Å². The highest BCUT2D eigenvalue weighted by molar-refractivity contribution is 5.23. The Labute approximate surface area is 138 Å². The molecule has 0 aromatic carbocycles. The van der Waals surface area contributed by atoms with Gasteiger partial charge in [0.2, 0.25) is 0 Å². The first-order valence-electron chi connectivity index (χ1n) is 7.87. The monoisotopic (exact) mass is 336 g/mol. The summed E-state index contributed by atoms with van der Waals surface area (Å²) in [5, 5.41) is 0. The van der Waals surface area contributed by atoms with Crippen molar-refractivity contribution in [1.82, 2.24) is 19.8 Å². The number of halogens is 3. The van der Waals surface area contributed by atoms with Crippen LogP contribution < -0.4 is 0 Å². The predicted octanol–water partition coefficient (Wildman–Crippen LogP) is 2.81. The van der Waals surface area contributed by atoms with Gasteiger partial charge in [-0.2, -0.15) is 13.2 Å². The summed E-state index contributed by atoms with van der Waals surface area (Å²) in [4.78, 5) is 12.3. The van der Waals surface area contributed by atoms with Crippen molar-refractivity contribution >= 4 is 0 Å². The van der Waals surface area contributed by atoms with E-state index in [1.54, 1.807) is 12.4 Å². The Kier molecular flexibility index (Phi) is 5.11. The average molecular weight is 336 g/mol. The van der Waals surface area contributed by atoms with E-state index in [2.05, 4.69) is 14.9 Å². The molecule has 3 rings (SSSR count). The smallest absolute Gasteiger partial charge is 0.297 e. The first-order valence-corrected chi connectivity index (χ1v) is 7.87. The van der Waals surface area contributed by atoms with E-state index in [4.69, 9.17) is 0 Å². The maximum absolute atomic E-state index is 13.0. The molecule has 4 nitrogen and oxygen atoms in total. The van der Waals surface area contributed by atoms with Crippen LogP contribution in [0.15, 0.2) is 42.9 Å². The topological polar surface area (TPSA) is 32.3 Å². The third-order valence-electron chi connectivity index (χ3n) is 4.19. The quantitative estimate of drug-likeness (QED) is 0.859. The molecule has 0 N–H and O–H groups in total. The predicted molar refractivity (Wildman–Crippen MR) is 84.0 cm³/mol. The summed E-state index contributed by atoms with van der Waals surface area (Å²) in [5.74, 6) is 0. The van der Waals surface area contributed by atoms with E-state index in [1.807, 2.05) is 17.0 Å². The molecule has 7 heteroatoms. The maximum atomic E-state index is 13.0. The van der Waals surface area contributed by atoms with Crippen LogP contribution in [0.25, 0.3) is 0 Å². The lowest BCUT2D eigenvalue weighted by Crippen LogP contribution is -2.45. The Morgan fingerprint density at radius 3 is 2.12 bits per heavy atom. The van der Waals surface area contributed by atoms with Crippen LogP contribution in [0.3, 0.4) is 0 Å². The van der Waals surface area contributed by atoms with Crippen LogP contribution >= 0.6 is 0 Å². The number of rotatable bonds is 4. The highest BCUT2D eigenvalue weighted by Crippen LogP contribution is 2.31. The molecular formula is C17H19F3N4. The Bertz CT molecular complexity index is 652. The van der Waals surface area contributed by atoms with E-state index < -0.39 is 11.7 Å². The van der Waals surface area contributed by atoms with Gasteiger partial charge >= 0.3 is 6.18 Å². The van der Waals surface area contributed by atoms with E-state index in [-0.39, 0.29) is 12.2 Å². The fourth-order valence-corrected chi connectivity index (χ4v) is 2.89. The van der Waals surface area contributed by atoms with Crippen LogP contribution in [0, 0.1) is 0 Å². The van der Waals surface area contributed by atoms with Crippen molar-refractivity contribution in [3.8, 4) is 0 Å². The first-order chi connectivity index (χ1) is 11.5. The molecule has 2 aromatic heterocycles. The second kappa shape index (κ2) is 7.27. The van der Waals surface area contributed by atoms with Crippen molar-refractivity contribution in [2.24, 2.45) is 0 Å². The molecule has 0 unspecified atom stereocenters. The minimum absolute atomic E-state index is 0.104. The van der Waals surface area contributed by atoms with Gasteiger partial charge in [0, 0.05) is 57.9 Å². The van der Waals surface area contributed by atoms with Crippen LogP contribution in [0.4, 0.5) is 13.2 Å². The molecule has 1 aliphatic heterocycles. The summed E-state index contributed by atoms with van der Waals surface area (Å²) in [7, 11) is 0. The van der Waals surface area contributed by atoms with Gasteiger partial charge in [-0.3, -0.25) is 19.8 Å². The van der Waals surface area contributed by atoms with Crippen molar-refractivity contribution in [2.75, 3.05) is 26.2 Å². The van der Waals surface area contributed by atoms with E-state index in [0.29, 0.717) is 0 Å². The second-order valence-corrected chi connectivity index (χ2v) is 5.90. The lowest BCUT2D eigenvalue weighted by molar-refractivity contribution is -0.138. The van der Waals surface area contributed by atoms with Crippen LogP contribution in [-0.2, 0) is 19.3 Å². The van der Waals surface area contributed by atoms with Crippen molar-refractivity contribution in [3.05, 3.63) is 59.7 Å². The molecule has 0 radical (unpaired) electrons. The minimum Gasteiger partial charge on any atom is -0.297 e. The molecule has 2 aromatic rings. The SMILES string of the molecule is FC(F)(F)c1cccnc1CN1CCN(Cc2ccncc2)CC1. The Morgan fingerprint density at radius 1 is 0.875 bits per heavy atom. The van der Waals surface area contributed by atoms with Gasteiger partial charge in [0.25, 0.3) is 0 Å². The molecule has 1 saturated heterocycles. The molecule has 3 heterocycles. The van der Waals surface area contributed by atoms with Gasteiger partial charge in [-0.05, 0) is 29.8 Å². The van der Waals surface area contributed by atoms with Crippen LogP contribution in [-0.4, -0.2) is 45.9 Å². The Morgan fingerprint density at radius 2 is 1.50 bits per heavy atom. The normalized spacial score (nSPS) is 17.1. The van der Waals surface area contributed by atoms with E-state index in [0.717, 1.165) is 38.8 Å². The number of pyridine rings is 2. The van der Waals surface area contributed by atoms with Gasteiger partial charge < -0.3 is 0 Å². The summed E-state index contributed by atoms with van der Waals surface area (Å²) in [6, 6.07) is 6.40. The molecular weight excluding hydrogens is 317 g/mol. The number of alkyl halides is 3. The van der Waals surface area contributed by atoms with Crippen molar-refractivity contribution < 1.29 is 13.2 Å². The standard InChI is InChI=1S/C17H19F3N4/c18-17(19,20)15-2-1-5-22-16(15)13-24-10-8-23(9-11-24)12-14-3-6-21-7-4-14/h1-7H,8-13H2. The van der Waals surface area contributed by atoms with Gasteiger partial charge in [0.15, 0.2) is 0 Å². The molecule has 1 fully saturated rings. The van der Waals surface area contributed by atoms with Crippen molar-refractivity contribution in [2.45, 2.75) is 19.3 Å². The van der Waals surface area contributed by atoms with Crippen molar-refractivity contribution in [1.29, 1.82) is 0 Å². The Balaban J connectivity index is 1.56. The van der Waals surface area contributed by atoms with Crippen LogP contribution in [0.1, 0.15) is 16.8 Å². The molecule has 24 heavy (non-hydrogen) atoms. The van der Waals surface area contributed by atoms with E-state index in [1.165, 1.54) is 17.8 Å². The molecule has 0 amide bonds. The number of hydrogen-bond donors (Lipinski definition) is 0. The zero-order valence-corrected chi connectivity index (χ0v) is 13.2. The van der Waals surface area contributed by atoms with Gasteiger partial charge in [0.1, 0.15) is 0 Å². The number of hydrogen-bond acceptors (Lipinski definition) is 4. The lowest BCUT2D eigenvalue weighted by atomic mass is 10.1. The van der Waals surface area contributed by atoms with Crippen LogP contribution in [0.5, 0.6) is 0 Å². The van der Waals surface area contributed by atoms with Gasteiger partial charge in [-0.25, -0.2) is 0 Å². The number of aromatic nitrogens is 2. The molecule has 0 atom stereocenters. The summed E-state index contributed by atoms with van der Waals surface area (Å²) in [6.07, 6.45) is 0.605. The molecule has 1 aliphatic rings. The van der Waals surface area contributed by atoms with E-state index >= 15 is 0 Å². The maximum Gasteiger partial charge on any atom is 0.418 e. The summed E-state index contributed by atoms with van der Waals surface area (Å²) in [5.41, 5.74) is 0.666. The van der Waals surface area contributed by atoms with Crippen LogP contribution in [0.2, 0.25) is 0 Å². The zero-order chi connectivity index (χ0) is 17.0. The lowest BCUT2D eigenvalue weighted by Gasteiger charge is -2.34. The average Bonchev–Trinajstić information content (AvgIpc) is 2.57.